The Balaban J connectivity index is 1.62. The van der Waals surface area contributed by atoms with Crippen LogP contribution in [0, 0.1) is 0 Å². The van der Waals surface area contributed by atoms with Gasteiger partial charge in [0.1, 0.15) is 0 Å². The van der Waals surface area contributed by atoms with Crippen LogP contribution >= 0.6 is 0 Å². The smallest absolute Gasteiger partial charge is 0.0273 e. The van der Waals surface area contributed by atoms with Crippen molar-refractivity contribution < 1.29 is 0 Å². The van der Waals surface area contributed by atoms with Gasteiger partial charge in [0.2, 0.25) is 0 Å². The van der Waals surface area contributed by atoms with Crippen LogP contribution in [0.15, 0.2) is 0 Å². The number of hydrazine groups is 1. The molecule has 0 bridgehead atoms. The molecule has 1 aliphatic heterocycles. The second-order valence-electron chi connectivity index (χ2n) is 4.72. The minimum Gasteiger partial charge on any atom is -0.255 e. The average molecular weight is 212 g/mol. The maximum absolute atomic E-state index is 3.41. The monoisotopic (exact) mass is 212 g/mol. The quantitative estimate of drug-likeness (QED) is 0.417. The molecule has 1 heterocycles. The van der Waals surface area contributed by atoms with E-state index >= 15 is 0 Å². The van der Waals surface area contributed by atoms with Crippen LogP contribution < -0.4 is 5.43 Å². The maximum atomic E-state index is 3.41. The van der Waals surface area contributed by atoms with E-state index in [-0.39, 0.29) is 0 Å². The minimum atomic E-state index is 1.19. The fraction of sp³-hybridized carbons (Fsp3) is 1.00. The summed E-state index contributed by atoms with van der Waals surface area (Å²) in [5.74, 6) is 0. The number of rotatable bonds is 11. The fourth-order valence-electron chi connectivity index (χ4n) is 1.88. The lowest BCUT2D eigenvalue weighted by Crippen LogP contribution is -2.21. The van der Waals surface area contributed by atoms with Crippen molar-refractivity contribution in [3.8, 4) is 0 Å². The summed E-state index contributed by atoms with van der Waals surface area (Å²) >= 11 is 0. The van der Waals surface area contributed by atoms with E-state index in [1.165, 1.54) is 77.4 Å². The molecule has 1 saturated heterocycles. The lowest BCUT2D eigenvalue weighted by molar-refractivity contribution is 0.392. The van der Waals surface area contributed by atoms with Crippen LogP contribution in [0.3, 0.4) is 0 Å². The molecule has 0 radical (unpaired) electrons. The van der Waals surface area contributed by atoms with Gasteiger partial charge in [0.15, 0.2) is 0 Å². The Morgan fingerprint density at radius 1 is 0.800 bits per heavy atom. The SMILES string of the molecule is CCCCCCCCCCCNN1CC1. The van der Waals surface area contributed by atoms with Gasteiger partial charge in [-0.25, -0.2) is 5.01 Å². The highest BCUT2D eigenvalue weighted by Crippen LogP contribution is 2.09. The molecule has 0 aromatic carbocycles. The zero-order valence-electron chi connectivity index (χ0n) is 10.4. The summed E-state index contributed by atoms with van der Waals surface area (Å²) in [7, 11) is 0. The van der Waals surface area contributed by atoms with Gasteiger partial charge in [0.05, 0.1) is 0 Å². The number of hydrogen-bond acceptors (Lipinski definition) is 2. The van der Waals surface area contributed by atoms with Gasteiger partial charge >= 0.3 is 0 Å². The lowest BCUT2D eigenvalue weighted by Gasteiger charge is -2.04. The van der Waals surface area contributed by atoms with Gasteiger partial charge in [-0.1, -0.05) is 58.3 Å². The second kappa shape index (κ2) is 9.17. The van der Waals surface area contributed by atoms with Gasteiger partial charge in [-0.15, -0.1) is 0 Å². The Morgan fingerprint density at radius 3 is 1.87 bits per heavy atom. The molecule has 0 aromatic rings. The molecule has 0 aromatic heterocycles. The predicted molar refractivity (Wildman–Crippen MR) is 66.8 cm³/mol. The van der Waals surface area contributed by atoms with E-state index in [0.717, 1.165) is 0 Å². The summed E-state index contributed by atoms with van der Waals surface area (Å²) in [6.07, 6.45) is 12.8. The first kappa shape index (κ1) is 13.0. The molecular formula is C13H28N2. The molecule has 2 heteroatoms. The fourth-order valence-corrected chi connectivity index (χ4v) is 1.88. The third-order valence-corrected chi connectivity index (χ3v) is 3.06. The number of hydrogen-bond donors (Lipinski definition) is 1. The first-order valence-corrected chi connectivity index (χ1v) is 6.92. The molecule has 1 rings (SSSR count). The van der Waals surface area contributed by atoms with E-state index in [4.69, 9.17) is 0 Å². The molecule has 1 aliphatic rings. The van der Waals surface area contributed by atoms with Crippen molar-refractivity contribution in [2.45, 2.75) is 64.7 Å². The van der Waals surface area contributed by atoms with Crippen molar-refractivity contribution in [1.82, 2.24) is 10.4 Å². The third-order valence-electron chi connectivity index (χ3n) is 3.06. The molecule has 0 amide bonds. The molecule has 0 saturated carbocycles. The van der Waals surface area contributed by atoms with Crippen LogP contribution in [0.4, 0.5) is 0 Å². The van der Waals surface area contributed by atoms with Crippen molar-refractivity contribution in [1.29, 1.82) is 0 Å². The Labute approximate surface area is 95.4 Å². The Kier molecular flexibility index (Phi) is 7.94. The highest BCUT2D eigenvalue weighted by Gasteiger charge is 2.14. The molecule has 1 fully saturated rings. The molecule has 1 N–H and O–H groups in total. The van der Waals surface area contributed by atoms with E-state index in [0.29, 0.717) is 0 Å². The molecule has 0 spiro atoms. The summed E-state index contributed by atoms with van der Waals surface area (Å²) < 4.78 is 0. The van der Waals surface area contributed by atoms with E-state index in [1.807, 2.05) is 0 Å². The van der Waals surface area contributed by atoms with Gasteiger partial charge in [-0.05, 0) is 6.42 Å². The maximum Gasteiger partial charge on any atom is 0.0273 e. The van der Waals surface area contributed by atoms with Crippen LogP contribution in [0.5, 0.6) is 0 Å². The van der Waals surface area contributed by atoms with Gasteiger partial charge < -0.3 is 0 Å². The van der Waals surface area contributed by atoms with Gasteiger partial charge in [-0.2, -0.15) is 0 Å². The van der Waals surface area contributed by atoms with Crippen molar-refractivity contribution in [2.75, 3.05) is 19.6 Å². The number of unbranched alkanes of at least 4 members (excludes halogenated alkanes) is 8. The predicted octanol–water partition coefficient (Wildman–Crippen LogP) is 3.34. The Morgan fingerprint density at radius 2 is 1.33 bits per heavy atom. The van der Waals surface area contributed by atoms with Crippen LogP contribution in [0.1, 0.15) is 64.7 Å². The lowest BCUT2D eigenvalue weighted by atomic mass is 10.1. The summed E-state index contributed by atoms with van der Waals surface area (Å²) in [6.45, 7) is 5.99. The van der Waals surface area contributed by atoms with Crippen LogP contribution in [-0.2, 0) is 0 Å². The number of nitrogens with one attached hydrogen (secondary N) is 1. The summed E-state index contributed by atoms with van der Waals surface area (Å²) in [6, 6.07) is 0. The molecule has 0 atom stereocenters. The summed E-state index contributed by atoms with van der Waals surface area (Å²) in [5.41, 5.74) is 3.41. The van der Waals surface area contributed by atoms with E-state index in [9.17, 15) is 0 Å². The first-order chi connectivity index (χ1) is 7.43. The van der Waals surface area contributed by atoms with E-state index in [1.54, 1.807) is 0 Å². The van der Waals surface area contributed by atoms with Crippen molar-refractivity contribution in [2.24, 2.45) is 0 Å². The van der Waals surface area contributed by atoms with Crippen molar-refractivity contribution >= 4 is 0 Å². The largest absolute Gasteiger partial charge is 0.255 e. The zero-order chi connectivity index (χ0) is 10.8. The van der Waals surface area contributed by atoms with Gasteiger partial charge in [0, 0.05) is 19.6 Å². The highest BCUT2D eigenvalue weighted by molar-refractivity contribution is 4.66. The van der Waals surface area contributed by atoms with Gasteiger partial charge in [-0.3, -0.25) is 5.43 Å². The molecule has 90 valence electrons. The standard InChI is InChI=1S/C13H28N2/c1-2-3-4-5-6-7-8-9-10-11-14-15-12-13-15/h14H,2-13H2,1H3. The topological polar surface area (TPSA) is 15.0 Å². The van der Waals surface area contributed by atoms with Crippen LogP contribution in [0.25, 0.3) is 0 Å². The molecule has 2 nitrogen and oxygen atoms in total. The van der Waals surface area contributed by atoms with Crippen LogP contribution in [-0.4, -0.2) is 24.6 Å². The number of nitrogens with zero attached hydrogens (tertiary/aromatic N) is 1. The normalized spacial score (nSPS) is 15.8. The van der Waals surface area contributed by atoms with Crippen LogP contribution in [0.2, 0.25) is 0 Å². The highest BCUT2D eigenvalue weighted by atomic mass is 15.6. The molecule has 15 heavy (non-hydrogen) atoms. The zero-order valence-corrected chi connectivity index (χ0v) is 10.4. The van der Waals surface area contributed by atoms with E-state index in [2.05, 4.69) is 17.4 Å². The first-order valence-electron chi connectivity index (χ1n) is 6.92. The summed E-state index contributed by atoms with van der Waals surface area (Å²) in [4.78, 5) is 0. The third kappa shape index (κ3) is 8.88. The molecule has 0 aliphatic carbocycles. The van der Waals surface area contributed by atoms with Crippen molar-refractivity contribution in [3.05, 3.63) is 0 Å². The molecule has 0 unspecified atom stereocenters. The minimum absolute atomic E-state index is 1.19. The average Bonchev–Trinajstić information content (AvgIpc) is 3.05. The van der Waals surface area contributed by atoms with E-state index < -0.39 is 0 Å². The second-order valence-corrected chi connectivity index (χ2v) is 4.72. The molecular weight excluding hydrogens is 184 g/mol. The summed E-state index contributed by atoms with van der Waals surface area (Å²) in [5, 5.41) is 2.28. The van der Waals surface area contributed by atoms with Gasteiger partial charge in [0.25, 0.3) is 0 Å². The van der Waals surface area contributed by atoms with Crippen molar-refractivity contribution in [3.63, 3.8) is 0 Å². The Bertz CT molecular complexity index is 132. The Hall–Kier alpha value is -0.0800.